The largest absolute Gasteiger partial charge is 0.455 e. The smallest absolute Gasteiger partial charge is 0.161 e. The van der Waals surface area contributed by atoms with E-state index in [2.05, 4.69) is 78.9 Å². The first-order valence-corrected chi connectivity index (χ1v) is 13.0. The summed E-state index contributed by atoms with van der Waals surface area (Å²) in [6, 6.07) is 49.4. The molecule has 0 atom stereocenters. The van der Waals surface area contributed by atoms with Gasteiger partial charge in [-0.25, -0.2) is 9.97 Å². The predicted molar refractivity (Wildman–Crippen MR) is 159 cm³/mol. The Labute approximate surface area is 227 Å². The Kier molecular flexibility index (Phi) is 5.80. The van der Waals surface area contributed by atoms with E-state index in [4.69, 9.17) is 14.4 Å². The number of rotatable bonds is 5. The zero-order chi connectivity index (χ0) is 26.0. The highest BCUT2D eigenvalue weighted by Crippen LogP contribution is 2.42. The molecule has 3 nitrogen and oxygen atoms in total. The van der Waals surface area contributed by atoms with Gasteiger partial charge in [0.15, 0.2) is 5.82 Å². The van der Waals surface area contributed by atoms with E-state index in [-0.39, 0.29) is 0 Å². The van der Waals surface area contributed by atoms with Gasteiger partial charge in [0.1, 0.15) is 11.5 Å². The first-order chi connectivity index (χ1) is 19.3. The molecule has 0 spiro atoms. The maximum atomic E-state index is 6.67. The van der Waals surface area contributed by atoms with E-state index in [1.807, 2.05) is 66.7 Å². The lowest BCUT2D eigenvalue weighted by atomic mass is 10.00. The third kappa shape index (κ3) is 4.30. The molecule has 0 saturated heterocycles. The Morgan fingerprint density at radius 1 is 0.385 bits per heavy atom. The Bertz CT molecular complexity index is 1830. The SMILES string of the molecule is c1ccc(-c2cc(-c3ccccc3)nc(-c3ccccc3-c3oc(-c4ccccc4)c4ccccc34)n2)cc1. The Morgan fingerprint density at radius 3 is 1.38 bits per heavy atom. The Morgan fingerprint density at radius 2 is 0.821 bits per heavy atom. The Balaban J connectivity index is 1.46. The van der Waals surface area contributed by atoms with Crippen LogP contribution in [0.25, 0.3) is 67.3 Å². The van der Waals surface area contributed by atoms with Crippen LogP contribution in [0.5, 0.6) is 0 Å². The average molecular weight is 501 g/mol. The predicted octanol–water partition coefficient (Wildman–Crippen LogP) is 9.56. The molecule has 184 valence electrons. The lowest BCUT2D eigenvalue weighted by Gasteiger charge is -2.12. The summed E-state index contributed by atoms with van der Waals surface area (Å²) in [5.41, 5.74) is 6.78. The second kappa shape index (κ2) is 9.88. The first kappa shape index (κ1) is 22.9. The van der Waals surface area contributed by atoms with Crippen molar-refractivity contribution < 1.29 is 4.42 Å². The van der Waals surface area contributed by atoms with Crippen molar-refractivity contribution in [1.29, 1.82) is 0 Å². The molecule has 0 saturated carbocycles. The lowest BCUT2D eigenvalue weighted by Crippen LogP contribution is -1.97. The number of fused-ring (bicyclic) bond motifs is 1. The van der Waals surface area contributed by atoms with Crippen LogP contribution in [0.1, 0.15) is 0 Å². The fraction of sp³-hybridized carbons (Fsp3) is 0. The van der Waals surface area contributed by atoms with Crippen LogP contribution in [0.15, 0.2) is 150 Å². The van der Waals surface area contributed by atoms with Crippen molar-refractivity contribution in [2.24, 2.45) is 0 Å². The minimum absolute atomic E-state index is 0.660. The van der Waals surface area contributed by atoms with E-state index in [0.717, 1.165) is 61.5 Å². The van der Waals surface area contributed by atoms with Gasteiger partial charge >= 0.3 is 0 Å². The molecule has 0 N–H and O–H groups in total. The molecule has 0 radical (unpaired) electrons. The lowest BCUT2D eigenvalue weighted by molar-refractivity contribution is 0.602. The molecule has 39 heavy (non-hydrogen) atoms. The van der Waals surface area contributed by atoms with Gasteiger partial charge in [0, 0.05) is 38.6 Å². The molecule has 0 amide bonds. The van der Waals surface area contributed by atoms with Crippen molar-refractivity contribution in [3.8, 4) is 56.6 Å². The highest BCUT2D eigenvalue weighted by atomic mass is 16.3. The molecule has 0 aliphatic heterocycles. The molecular formula is C36H24N2O. The quantitative estimate of drug-likeness (QED) is 0.236. The molecule has 0 unspecified atom stereocenters. The van der Waals surface area contributed by atoms with Gasteiger partial charge in [-0.2, -0.15) is 0 Å². The molecule has 0 aliphatic carbocycles. The van der Waals surface area contributed by atoms with Crippen LogP contribution in [0, 0.1) is 0 Å². The zero-order valence-electron chi connectivity index (χ0n) is 21.2. The summed E-state index contributed by atoms with van der Waals surface area (Å²) in [6.07, 6.45) is 0. The van der Waals surface area contributed by atoms with Gasteiger partial charge in [-0.1, -0.05) is 140 Å². The number of nitrogens with zero attached hydrogens (tertiary/aromatic N) is 2. The molecule has 5 aromatic carbocycles. The molecule has 7 aromatic rings. The highest BCUT2D eigenvalue weighted by molar-refractivity contribution is 6.04. The number of hydrogen-bond acceptors (Lipinski definition) is 3. The van der Waals surface area contributed by atoms with Gasteiger partial charge in [0.2, 0.25) is 0 Å². The minimum Gasteiger partial charge on any atom is -0.455 e. The van der Waals surface area contributed by atoms with E-state index < -0.39 is 0 Å². The number of aromatic nitrogens is 2. The normalized spacial score (nSPS) is 11.1. The van der Waals surface area contributed by atoms with Crippen LogP contribution >= 0.6 is 0 Å². The zero-order valence-corrected chi connectivity index (χ0v) is 21.2. The third-order valence-corrected chi connectivity index (χ3v) is 6.93. The summed E-state index contributed by atoms with van der Waals surface area (Å²) >= 11 is 0. The van der Waals surface area contributed by atoms with Crippen LogP contribution in [-0.4, -0.2) is 9.97 Å². The van der Waals surface area contributed by atoms with Gasteiger partial charge in [0.25, 0.3) is 0 Å². The van der Waals surface area contributed by atoms with Crippen molar-refractivity contribution in [2.75, 3.05) is 0 Å². The molecule has 0 bridgehead atoms. The van der Waals surface area contributed by atoms with Crippen LogP contribution in [-0.2, 0) is 0 Å². The van der Waals surface area contributed by atoms with Crippen LogP contribution < -0.4 is 0 Å². The van der Waals surface area contributed by atoms with Crippen molar-refractivity contribution >= 4 is 10.8 Å². The minimum atomic E-state index is 0.660. The standard InChI is InChI=1S/C36H24N2O/c1-4-14-25(15-5-1)32-24-33(26-16-6-2-7-17-26)38-36(37-32)31-23-13-12-22-30(31)35-29-21-11-10-20-28(29)34(39-35)27-18-8-3-9-19-27/h1-24H. The van der Waals surface area contributed by atoms with Crippen molar-refractivity contribution in [1.82, 2.24) is 9.97 Å². The summed E-state index contributed by atoms with van der Waals surface area (Å²) in [5, 5.41) is 2.14. The fourth-order valence-electron chi connectivity index (χ4n) is 5.05. The van der Waals surface area contributed by atoms with Crippen molar-refractivity contribution in [2.45, 2.75) is 0 Å². The summed E-state index contributed by atoms with van der Waals surface area (Å²) in [4.78, 5) is 10.2. The molecule has 0 aliphatic rings. The number of benzene rings is 5. The van der Waals surface area contributed by atoms with Gasteiger partial charge in [-0.05, 0) is 6.07 Å². The van der Waals surface area contributed by atoms with E-state index in [1.54, 1.807) is 0 Å². The Hall–Kier alpha value is -5.28. The van der Waals surface area contributed by atoms with Crippen LogP contribution in [0.2, 0.25) is 0 Å². The van der Waals surface area contributed by atoms with Gasteiger partial charge in [-0.3, -0.25) is 0 Å². The molecule has 3 heteroatoms. The second-order valence-corrected chi connectivity index (χ2v) is 9.41. The van der Waals surface area contributed by atoms with Crippen molar-refractivity contribution in [3.63, 3.8) is 0 Å². The van der Waals surface area contributed by atoms with E-state index in [0.29, 0.717) is 5.82 Å². The summed E-state index contributed by atoms with van der Waals surface area (Å²) in [6.45, 7) is 0. The fourth-order valence-corrected chi connectivity index (χ4v) is 5.05. The number of hydrogen-bond donors (Lipinski definition) is 0. The third-order valence-electron chi connectivity index (χ3n) is 6.93. The van der Waals surface area contributed by atoms with Gasteiger partial charge < -0.3 is 4.42 Å². The molecule has 2 aromatic heterocycles. The van der Waals surface area contributed by atoms with Gasteiger partial charge in [-0.15, -0.1) is 0 Å². The van der Waals surface area contributed by atoms with E-state index >= 15 is 0 Å². The highest BCUT2D eigenvalue weighted by Gasteiger charge is 2.20. The van der Waals surface area contributed by atoms with Crippen LogP contribution in [0.3, 0.4) is 0 Å². The van der Waals surface area contributed by atoms with E-state index in [9.17, 15) is 0 Å². The summed E-state index contributed by atoms with van der Waals surface area (Å²) < 4.78 is 6.67. The molecular weight excluding hydrogens is 476 g/mol. The molecule has 7 rings (SSSR count). The summed E-state index contributed by atoms with van der Waals surface area (Å²) in [7, 11) is 0. The summed E-state index contributed by atoms with van der Waals surface area (Å²) in [5.74, 6) is 2.34. The van der Waals surface area contributed by atoms with Crippen LogP contribution in [0.4, 0.5) is 0 Å². The van der Waals surface area contributed by atoms with E-state index in [1.165, 1.54) is 0 Å². The first-order valence-electron chi connectivity index (χ1n) is 13.0. The van der Waals surface area contributed by atoms with Crippen molar-refractivity contribution in [3.05, 3.63) is 146 Å². The maximum Gasteiger partial charge on any atom is 0.161 e. The maximum absolute atomic E-state index is 6.67. The second-order valence-electron chi connectivity index (χ2n) is 9.41. The molecule has 2 heterocycles. The topological polar surface area (TPSA) is 38.9 Å². The molecule has 0 fully saturated rings. The number of furan rings is 1. The van der Waals surface area contributed by atoms with Gasteiger partial charge in [0.05, 0.1) is 11.4 Å². The average Bonchev–Trinajstić information content (AvgIpc) is 3.42. The monoisotopic (exact) mass is 500 g/mol.